The van der Waals surface area contributed by atoms with Crippen molar-refractivity contribution >= 4 is 5.71 Å². The lowest BCUT2D eigenvalue weighted by Gasteiger charge is -2.22. The van der Waals surface area contributed by atoms with Crippen LogP contribution in [0.2, 0.25) is 0 Å². The molecule has 0 saturated heterocycles. The van der Waals surface area contributed by atoms with Crippen LogP contribution in [-0.2, 0) is 4.84 Å². The van der Waals surface area contributed by atoms with Gasteiger partial charge in [0, 0.05) is 5.56 Å². The molecule has 98 valence electrons. The third kappa shape index (κ3) is 1.99. The van der Waals surface area contributed by atoms with Gasteiger partial charge in [-0.05, 0) is 18.2 Å². The lowest BCUT2D eigenvalue weighted by Crippen LogP contribution is -2.45. The van der Waals surface area contributed by atoms with Gasteiger partial charge in [-0.2, -0.15) is 13.2 Å². The number of phenolic OH excluding ortho intramolecular Hbond substituents is 1. The molecule has 0 bridgehead atoms. The van der Waals surface area contributed by atoms with Gasteiger partial charge in [-0.25, -0.2) is 4.39 Å². The van der Waals surface area contributed by atoms with Gasteiger partial charge < -0.3 is 15.1 Å². The van der Waals surface area contributed by atoms with Gasteiger partial charge in [0.15, 0.2) is 11.6 Å². The maximum Gasteiger partial charge on any atom is 0.458 e. The smallest absolute Gasteiger partial charge is 0.458 e. The van der Waals surface area contributed by atoms with Gasteiger partial charge >= 0.3 is 12.0 Å². The van der Waals surface area contributed by atoms with E-state index in [9.17, 15) is 22.7 Å². The molecule has 1 heterocycles. The predicted octanol–water partition coefficient (Wildman–Crippen LogP) is 1.91. The standard InChI is InChI=1S/C10H7F4NO3/c11-6-3-5(1-2-8(6)16)7-4-9(17,18-15-7)10(12,13)14/h1-3,16-17H,4H2. The van der Waals surface area contributed by atoms with Crippen LogP contribution in [0.25, 0.3) is 0 Å². The Morgan fingerprint density at radius 3 is 2.50 bits per heavy atom. The molecular weight excluding hydrogens is 258 g/mol. The van der Waals surface area contributed by atoms with E-state index in [1.165, 1.54) is 6.07 Å². The normalized spacial score (nSPS) is 23.7. The molecule has 1 aromatic rings. The number of benzene rings is 1. The Balaban J connectivity index is 2.26. The molecule has 0 aliphatic carbocycles. The SMILES string of the molecule is Oc1ccc(C2=NOC(O)(C(F)(F)F)C2)cc1F. The highest BCUT2D eigenvalue weighted by Crippen LogP contribution is 2.39. The van der Waals surface area contributed by atoms with Crippen LogP contribution in [0, 0.1) is 5.82 Å². The van der Waals surface area contributed by atoms with Crippen LogP contribution in [0.15, 0.2) is 23.4 Å². The molecule has 2 N–H and O–H groups in total. The van der Waals surface area contributed by atoms with E-state index in [-0.39, 0.29) is 11.3 Å². The molecule has 1 aliphatic rings. The monoisotopic (exact) mass is 265 g/mol. The topological polar surface area (TPSA) is 62.1 Å². The first-order valence-electron chi connectivity index (χ1n) is 4.76. The van der Waals surface area contributed by atoms with E-state index in [2.05, 4.69) is 9.99 Å². The van der Waals surface area contributed by atoms with Gasteiger partial charge in [0.2, 0.25) is 0 Å². The molecule has 1 unspecified atom stereocenters. The molecule has 0 aromatic heterocycles. The Labute approximate surface area is 98.1 Å². The number of alkyl halides is 3. The molecule has 0 spiro atoms. The van der Waals surface area contributed by atoms with Gasteiger partial charge in [0.05, 0.1) is 12.1 Å². The van der Waals surface area contributed by atoms with E-state index < -0.39 is 30.0 Å². The molecule has 8 heteroatoms. The van der Waals surface area contributed by atoms with E-state index in [4.69, 9.17) is 5.11 Å². The first kappa shape index (κ1) is 12.6. The summed E-state index contributed by atoms with van der Waals surface area (Å²) in [5.41, 5.74) is -0.265. The van der Waals surface area contributed by atoms with Crippen LogP contribution in [-0.4, -0.2) is 27.9 Å². The maximum absolute atomic E-state index is 13.0. The zero-order valence-corrected chi connectivity index (χ0v) is 8.70. The van der Waals surface area contributed by atoms with Crippen molar-refractivity contribution in [3.63, 3.8) is 0 Å². The summed E-state index contributed by atoms with van der Waals surface area (Å²) in [6.45, 7) is 0. The van der Waals surface area contributed by atoms with Gasteiger partial charge in [-0.1, -0.05) is 5.16 Å². The van der Waals surface area contributed by atoms with E-state index >= 15 is 0 Å². The second kappa shape index (κ2) is 3.84. The molecule has 1 aliphatic heterocycles. The molecule has 2 rings (SSSR count). The van der Waals surface area contributed by atoms with Gasteiger partial charge in [0.25, 0.3) is 0 Å². The summed E-state index contributed by atoms with van der Waals surface area (Å²) in [6.07, 6.45) is -5.95. The molecular formula is C10H7F4NO3. The second-order valence-electron chi connectivity index (χ2n) is 3.75. The first-order chi connectivity index (χ1) is 8.23. The van der Waals surface area contributed by atoms with E-state index in [1.54, 1.807) is 0 Å². The van der Waals surface area contributed by atoms with Crippen molar-refractivity contribution < 1.29 is 32.6 Å². The van der Waals surface area contributed by atoms with Crippen LogP contribution in [0.3, 0.4) is 0 Å². The highest BCUT2D eigenvalue weighted by Gasteiger charge is 2.60. The van der Waals surface area contributed by atoms with E-state index in [0.717, 1.165) is 12.1 Å². The Morgan fingerprint density at radius 2 is 2.00 bits per heavy atom. The molecule has 1 atom stereocenters. The minimum atomic E-state index is -5.01. The molecule has 0 radical (unpaired) electrons. The lowest BCUT2D eigenvalue weighted by atomic mass is 10.0. The van der Waals surface area contributed by atoms with Crippen molar-refractivity contribution in [2.45, 2.75) is 18.4 Å². The first-order valence-corrected chi connectivity index (χ1v) is 4.76. The summed E-state index contributed by atoms with van der Waals surface area (Å²) >= 11 is 0. The van der Waals surface area contributed by atoms with Crippen molar-refractivity contribution in [2.24, 2.45) is 5.16 Å². The molecule has 0 saturated carbocycles. The number of hydrogen-bond acceptors (Lipinski definition) is 4. The van der Waals surface area contributed by atoms with Crippen LogP contribution in [0.1, 0.15) is 12.0 Å². The fourth-order valence-corrected chi connectivity index (χ4v) is 1.42. The van der Waals surface area contributed by atoms with Gasteiger partial charge in [0.1, 0.15) is 0 Å². The number of halogens is 4. The molecule has 4 nitrogen and oxygen atoms in total. The highest BCUT2D eigenvalue weighted by molar-refractivity contribution is 6.01. The van der Waals surface area contributed by atoms with Crippen LogP contribution < -0.4 is 0 Å². The zero-order chi connectivity index (χ0) is 13.6. The lowest BCUT2D eigenvalue weighted by molar-refractivity contribution is -0.355. The largest absolute Gasteiger partial charge is 0.505 e. The third-order valence-electron chi connectivity index (χ3n) is 2.44. The fourth-order valence-electron chi connectivity index (χ4n) is 1.42. The Hall–Kier alpha value is -1.83. The summed E-state index contributed by atoms with van der Waals surface area (Å²) in [6, 6.07) is 2.94. The quantitative estimate of drug-likeness (QED) is 0.762. The van der Waals surface area contributed by atoms with E-state index in [0.29, 0.717) is 0 Å². The van der Waals surface area contributed by atoms with Crippen LogP contribution >= 0.6 is 0 Å². The van der Waals surface area contributed by atoms with Crippen molar-refractivity contribution in [2.75, 3.05) is 0 Å². The number of aliphatic hydroxyl groups is 1. The summed E-state index contributed by atoms with van der Waals surface area (Å²) in [5.74, 6) is -5.03. The van der Waals surface area contributed by atoms with E-state index in [1.807, 2.05) is 0 Å². The number of hydrogen-bond donors (Lipinski definition) is 2. The van der Waals surface area contributed by atoms with Gasteiger partial charge in [-0.15, -0.1) is 0 Å². The molecule has 1 aromatic carbocycles. The fraction of sp³-hybridized carbons (Fsp3) is 0.300. The van der Waals surface area contributed by atoms with Crippen LogP contribution in [0.5, 0.6) is 5.75 Å². The zero-order valence-electron chi connectivity index (χ0n) is 8.70. The number of nitrogens with zero attached hydrogens (tertiary/aromatic N) is 1. The molecule has 18 heavy (non-hydrogen) atoms. The van der Waals surface area contributed by atoms with Crippen molar-refractivity contribution in [1.29, 1.82) is 0 Å². The van der Waals surface area contributed by atoms with Crippen molar-refractivity contribution in [3.05, 3.63) is 29.6 Å². The Bertz CT molecular complexity index is 514. The minimum Gasteiger partial charge on any atom is -0.505 e. The number of oxime groups is 1. The summed E-state index contributed by atoms with van der Waals surface area (Å²) in [4.78, 5) is 3.98. The van der Waals surface area contributed by atoms with Crippen molar-refractivity contribution in [3.8, 4) is 5.75 Å². The number of rotatable bonds is 1. The maximum atomic E-state index is 13.0. The van der Waals surface area contributed by atoms with Gasteiger partial charge in [-0.3, -0.25) is 0 Å². The summed E-state index contributed by atoms with van der Waals surface area (Å²) in [5, 5.41) is 21.2. The summed E-state index contributed by atoms with van der Waals surface area (Å²) < 4.78 is 50.3. The Kier molecular flexibility index (Phi) is 2.69. The third-order valence-corrected chi connectivity index (χ3v) is 2.44. The Morgan fingerprint density at radius 1 is 1.33 bits per heavy atom. The molecule has 0 amide bonds. The van der Waals surface area contributed by atoms with Crippen molar-refractivity contribution in [1.82, 2.24) is 0 Å². The highest BCUT2D eigenvalue weighted by atomic mass is 19.4. The predicted molar refractivity (Wildman–Crippen MR) is 51.3 cm³/mol. The summed E-state index contributed by atoms with van der Waals surface area (Å²) in [7, 11) is 0. The number of aromatic hydroxyl groups is 1. The van der Waals surface area contributed by atoms with Crippen LogP contribution in [0.4, 0.5) is 17.6 Å². The second-order valence-corrected chi connectivity index (χ2v) is 3.75. The average molecular weight is 265 g/mol. The average Bonchev–Trinajstić information content (AvgIpc) is 2.66. The molecule has 0 fully saturated rings. The number of phenols is 1. The minimum absolute atomic E-state index is 0.00882.